The van der Waals surface area contributed by atoms with E-state index in [1.807, 2.05) is 32.2 Å². The van der Waals surface area contributed by atoms with Gasteiger partial charge in [0.1, 0.15) is 5.75 Å². The number of aromatic nitrogens is 1. The summed E-state index contributed by atoms with van der Waals surface area (Å²) in [5.41, 5.74) is 0.693. The minimum atomic E-state index is -2.83. The highest BCUT2D eigenvalue weighted by molar-refractivity contribution is 7.11. The van der Waals surface area contributed by atoms with Gasteiger partial charge in [-0.1, -0.05) is 12.1 Å². The molecule has 0 saturated carbocycles. The van der Waals surface area contributed by atoms with Crippen molar-refractivity contribution in [1.29, 1.82) is 0 Å². The number of nitrogens with zero attached hydrogens (tertiary/aromatic N) is 3. The zero-order chi connectivity index (χ0) is 20.6. The van der Waals surface area contributed by atoms with Crippen molar-refractivity contribution in [3.8, 4) is 5.75 Å². The highest BCUT2D eigenvalue weighted by atomic mass is 32.1. The van der Waals surface area contributed by atoms with Crippen LogP contribution in [0.5, 0.6) is 5.75 Å². The Hall–Kier alpha value is -2.42. The number of nitrogens with one attached hydrogen (secondary N) is 2. The van der Waals surface area contributed by atoms with Gasteiger partial charge in [0, 0.05) is 49.7 Å². The number of alkyl halides is 2. The first-order valence-electron chi connectivity index (χ1n) is 9.80. The molecular formula is C20H27F2N5OS. The standard InChI is InChI=1S/C20H27F2N5OS/c1-3-23-20(24-10-8-18-25-12-14(2)29-18)26-15-9-11-27(13-15)16-6-4-5-7-17(16)28-19(21)22/h4-7,12,15,19H,3,8-11,13H2,1-2H3,(H2,23,24,26). The Labute approximate surface area is 174 Å². The Balaban J connectivity index is 1.57. The van der Waals surface area contributed by atoms with Gasteiger partial charge in [-0.05, 0) is 32.4 Å². The summed E-state index contributed by atoms with van der Waals surface area (Å²) in [4.78, 5) is 12.3. The van der Waals surface area contributed by atoms with Crippen LogP contribution < -0.4 is 20.3 Å². The molecule has 1 fully saturated rings. The predicted octanol–water partition coefficient (Wildman–Crippen LogP) is 3.43. The van der Waals surface area contributed by atoms with E-state index in [0.29, 0.717) is 18.8 Å². The van der Waals surface area contributed by atoms with Gasteiger partial charge in [-0.15, -0.1) is 11.3 Å². The molecule has 3 rings (SSSR count). The first-order valence-corrected chi connectivity index (χ1v) is 10.6. The molecular weight excluding hydrogens is 396 g/mol. The number of benzene rings is 1. The molecule has 1 saturated heterocycles. The zero-order valence-corrected chi connectivity index (χ0v) is 17.5. The Morgan fingerprint density at radius 2 is 2.24 bits per heavy atom. The fraction of sp³-hybridized carbons (Fsp3) is 0.500. The number of rotatable bonds is 8. The van der Waals surface area contributed by atoms with E-state index in [4.69, 9.17) is 0 Å². The molecule has 1 aromatic carbocycles. The lowest BCUT2D eigenvalue weighted by Gasteiger charge is -2.22. The summed E-state index contributed by atoms with van der Waals surface area (Å²) < 4.78 is 30.0. The zero-order valence-electron chi connectivity index (χ0n) is 16.7. The number of halogens is 2. The van der Waals surface area contributed by atoms with Gasteiger partial charge in [0.15, 0.2) is 5.96 Å². The van der Waals surface area contributed by atoms with Crippen LogP contribution in [0.15, 0.2) is 35.5 Å². The third-order valence-corrected chi connectivity index (χ3v) is 5.53. The Kier molecular flexibility index (Phi) is 7.62. The van der Waals surface area contributed by atoms with Crippen LogP contribution in [-0.4, -0.2) is 49.8 Å². The number of ether oxygens (including phenoxy) is 1. The lowest BCUT2D eigenvalue weighted by atomic mass is 10.2. The molecule has 1 atom stereocenters. The van der Waals surface area contributed by atoms with E-state index in [9.17, 15) is 8.78 Å². The van der Waals surface area contributed by atoms with Gasteiger partial charge in [0.25, 0.3) is 0 Å². The molecule has 0 radical (unpaired) electrons. The minimum Gasteiger partial charge on any atom is -0.433 e. The van der Waals surface area contributed by atoms with Crippen LogP contribution in [0.25, 0.3) is 0 Å². The van der Waals surface area contributed by atoms with Crippen molar-refractivity contribution in [2.75, 3.05) is 31.1 Å². The number of para-hydroxylation sites is 2. The number of hydrogen-bond acceptors (Lipinski definition) is 5. The maximum absolute atomic E-state index is 12.7. The van der Waals surface area contributed by atoms with Gasteiger partial charge in [-0.25, -0.2) is 4.98 Å². The van der Waals surface area contributed by atoms with Crippen molar-refractivity contribution in [3.05, 3.63) is 40.3 Å². The first kappa shape index (κ1) is 21.3. The molecule has 1 unspecified atom stereocenters. The van der Waals surface area contributed by atoms with Crippen LogP contribution in [0, 0.1) is 6.92 Å². The monoisotopic (exact) mass is 423 g/mol. The molecule has 6 nitrogen and oxygen atoms in total. The summed E-state index contributed by atoms with van der Waals surface area (Å²) in [6.45, 7) is 4.13. The number of aryl methyl sites for hydroxylation is 1. The summed E-state index contributed by atoms with van der Waals surface area (Å²) >= 11 is 1.70. The molecule has 2 N–H and O–H groups in total. The van der Waals surface area contributed by atoms with E-state index in [1.165, 1.54) is 4.88 Å². The number of guanidine groups is 1. The average Bonchev–Trinajstić information content (AvgIpc) is 3.31. The van der Waals surface area contributed by atoms with E-state index < -0.39 is 6.61 Å². The Morgan fingerprint density at radius 1 is 1.41 bits per heavy atom. The third-order valence-electron chi connectivity index (χ3n) is 4.56. The number of hydrogen-bond donors (Lipinski definition) is 2. The fourth-order valence-corrected chi connectivity index (χ4v) is 4.08. The second kappa shape index (κ2) is 10.4. The quantitative estimate of drug-likeness (QED) is 0.503. The number of aliphatic imine (C=N–C) groups is 1. The molecule has 0 spiro atoms. The summed E-state index contributed by atoms with van der Waals surface area (Å²) in [7, 11) is 0. The molecule has 1 aliphatic heterocycles. The average molecular weight is 424 g/mol. The largest absolute Gasteiger partial charge is 0.433 e. The molecule has 158 valence electrons. The topological polar surface area (TPSA) is 61.8 Å². The predicted molar refractivity (Wildman–Crippen MR) is 113 cm³/mol. The van der Waals surface area contributed by atoms with Crippen molar-refractivity contribution in [2.24, 2.45) is 4.99 Å². The highest BCUT2D eigenvalue weighted by Gasteiger charge is 2.26. The van der Waals surface area contributed by atoms with Gasteiger partial charge >= 0.3 is 6.61 Å². The smallest absolute Gasteiger partial charge is 0.387 e. The Morgan fingerprint density at radius 3 is 2.97 bits per heavy atom. The summed E-state index contributed by atoms with van der Waals surface area (Å²) in [5.74, 6) is 0.979. The highest BCUT2D eigenvalue weighted by Crippen LogP contribution is 2.31. The molecule has 9 heteroatoms. The second-order valence-electron chi connectivity index (χ2n) is 6.80. The Bertz CT molecular complexity index is 814. The lowest BCUT2D eigenvalue weighted by molar-refractivity contribution is -0.0495. The van der Waals surface area contributed by atoms with Crippen LogP contribution in [0.4, 0.5) is 14.5 Å². The van der Waals surface area contributed by atoms with Gasteiger partial charge in [0.2, 0.25) is 0 Å². The van der Waals surface area contributed by atoms with Crippen molar-refractivity contribution in [3.63, 3.8) is 0 Å². The molecule has 2 aromatic rings. The van der Waals surface area contributed by atoms with Gasteiger partial charge in [-0.2, -0.15) is 8.78 Å². The van der Waals surface area contributed by atoms with Crippen molar-refractivity contribution >= 4 is 23.0 Å². The summed E-state index contributed by atoms with van der Waals surface area (Å²) in [6.07, 6.45) is 3.58. The lowest BCUT2D eigenvalue weighted by Crippen LogP contribution is -2.44. The summed E-state index contributed by atoms with van der Waals surface area (Å²) in [5, 5.41) is 7.82. The van der Waals surface area contributed by atoms with Crippen LogP contribution in [0.1, 0.15) is 23.2 Å². The third kappa shape index (κ3) is 6.28. The van der Waals surface area contributed by atoms with Crippen LogP contribution in [0.2, 0.25) is 0 Å². The van der Waals surface area contributed by atoms with E-state index >= 15 is 0 Å². The van der Waals surface area contributed by atoms with Gasteiger partial charge in [0.05, 0.1) is 10.7 Å². The number of anilines is 1. The van der Waals surface area contributed by atoms with Crippen molar-refractivity contribution in [1.82, 2.24) is 15.6 Å². The van der Waals surface area contributed by atoms with Crippen LogP contribution in [-0.2, 0) is 6.42 Å². The van der Waals surface area contributed by atoms with E-state index in [2.05, 4.69) is 30.2 Å². The van der Waals surface area contributed by atoms with Gasteiger partial charge < -0.3 is 20.3 Å². The van der Waals surface area contributed by atoms with Crippen LogP contribution >= 0.6 is 11.3 Å². The van der Waals surface area contributed by atoms with E-state index in [0.717, 1.165) is 36.9 Å². The normalized spacial score (nSPS) is 17.1. The molecule has 1 aliphatic rings. The maximum Gasteiger partial charge on any atom is 0.387 e. The molecule has 2 heterocycles. The number of thiazole rings is 1. The van der Waals surface area contributed by atoms with Crippen molar-refractivity contribution < 1.29 is 13.5 Å². The van der Waals surface area contributed by atoms with E-state index in [1.54, 1.807) is 23.5 Å². The fourth-order valence-electron chi connectivity index (χ4n) is 3.30. The molecule has 0 bridgehead atoms. The van der Waals surface area contributed by atoms with Gasteiger partial charge in [-0.3, -0.25) is 4.99 Å². The van der Waals surface area contributed by atoms with Crippen LogP contribution in [0.3, 0.4) is 0 Å². The molecule has 0 amide bonds. The first-order chi connectivity index (χ1) is 14.0. The maximum atomic E-state index is 12.7. The van der Waals surface area contributed by atoms with E-state index in [-0.39, 0.29) is 11.8 Å². The molecule has 29 heavy (non-hydrogen) atoms. The minimum absolute atomic E-state index is 0.175. The molecule has 1 aromatic heterocycles. The summed E-state index contributed by atoms with van der Waals surface area (Å²) in [6, 6.07) is 7.10. The SMILES string of the molecule is CCNC(=NCCc1ncc(C)s1)NC1CCN(c2ccccc2OC(F)F)C1. The van der Waals surface area contributed by atoms with Crippen molar-refractivity contribution in [2.45, 2.75) is 39.3 Å². The second-order valence-corrected chi connectivity index (χ2v) is 8.12. The molecule has 0 aliphatic carbocycles.